The predicted molar refractivity (Wildman–Crippen MR) is 57.7 cm³/mol. The van der Waals surface area contributed by atoms with Gasteiger partial charge in [-0.1, -0.05) is 0 Å². The van der Waals surface area contributed by atoms with Gasteiger partial charge < -0.3 is 0 Å². The fourth-order valence-corrected chi connectivity index (χ4v) is 1.94. The van der Waals surface area contributed by atoms with Crippen LogP contribution in [0, 0.1) is 0 Å². The van der Waals surface area contributed by atoms with Gasteiger partial charge in [0.2, 0.25) is 0 Å². The summed E-state index contributed by atoms with van der Waals surface area (Å²) in [5, 5.41) is 0. The van der Waals surface area contributed by atoms with E-state index in [1.54, 1.807) is 0 Å². The largest absolute Gasteiger partial charge is 0.494 e. The maximum atomic E-state index is 10.3. The summed E-state index contributed by atoms with van der Waals surface area (Å²) in [7, 11) is -4.19. The van der Waals surface area contributed by atoms with Crippen molar-refractivity contribution in [3.8, 4) is 0 Å². The lowest BCUT2D eigenvalue weighted by Crippen LogP contribution is -2.34. The van der Waals surface area contributed by atoms with Crippen molar-refractivity contribution in [2.45, 2.75) is 12.2 Å². The normalized spacial score (nSPS) is 15.8. The molecule has 0 aliphatic rings. The summed E-state index contributed by atoms with van der Waals surface area (Å²) < 4.78 is 59.5. The topological polar surface area (TPSA) is 105 Å². The highest BCUT2D eigenvalue weighted by Crippen LogP contribution is 2.18. The molecule has 6 atom stereocenters. The molecule has 8 nitrogen and oxygen atoms in total. The quantitative estimate of drug-likeness (QED) is 0.529. The zero-order chi connectivity index (χ0) is 12.2. The van der Waals surface area contributed by atoms with Crippen molar-refractivity contribution < 1.29 is 36.4 Å². The molecule has 12 heteroatoms. The van der Waals surface area contributed by atoms with E-state index in [0.29, 0.717) is 0 Å². The third-order valence-corrected chi connectivity index (χ3v) is 2.79. The van der Waals surface area contributed by atoms with Crippen molar-refractivity contribution >= 4 is 34.7 Å². The van der Waals surface area contributed by atoms with E-state index in [1.165, 1.54) is 0 Å². The van der Waals surface area contributed by atoms with E-state index in [4.69, 9.17) is 9.05 Å². The molecule has 0 aliphatic carbocycles. The predicted octanol–water partition coefficient (Wildman–Crippen LogP) is 1.55. The van der Waals surface area contributed by atoms with Gasteiger partial charge in [0.05, 0.1) is 0 Å². The second-order valence-corrected chi connectivity index (χ2v) is 3.98. The molecule has 0 fully saturated rings. The highest BCUT2D eigenvalue weighted by Gasteiger charge is 2.33. The van der Waals surface area contributed by atoms with E-state index in [1.807, 2.05) is 0 Å². The van der Waals surface area contributed by atoms with Crippen molar-refractivity contribution in [1.82, 2.24) is 0 Å². The zero-order valence-corrected chi connectivity index (χ0v) is 11.8. The highest BCUT2D eigenvalue weighted by atomic mass is 31.1. The number of hydrogen-bond donors (Lipinski definition) is 0. The molecule has 0 aromatic heterocycles. The summed E-state index contributed by atoms with van der Waals surface area (Å²) in [5.41, 5.74) is 0. The number of rotatable bonds is 11. The molecule has 90 valence electrons. The first kappa shape index (κ1) is 16.2. The van der Waals surface area contributed by atoms with Crippen molar-refractivity contribution in [2.24, 2.45) is 0 Å². The van der Waals surface area contributed by atoms with Crippen LogP contribution in [-0.4, -0.2) is 25.4 Å². The molecule has 0 bridgehead atoms. The fraction of sp³-hybridized carbons (Fsp3) is 1.00. The van der Waals surface area contributed by atoms with E-state index < -0.39 is 47.0 Å². The van der Waals surface area contributed by atoms with Crippen molar-refractivity contribution in [3.05, 3.63) is 0 Å². The van der Waals surface area contributed by atoms with Crippen LogP contribution in [0.25, 0.3) is 0 Å². The van der Waals surface area contributed by atoms with Crippen LogP contribution in [0.3, 0.4) is 0 Å². The minimum atomic E-state index is -1.09. The van der Waals surface area contributed by atoms with Gasteiger partial charge in [-0.15, -0.1) is 18.1 Å². The van der Waals surface area contributed by atoms with Crippen LogP contribution in [0.4, 0.5) is 0 Å². The molecular weight excluding hydrogens is 300 g/mol. The van der Waals surface area contributed by atoms with Gasteiger partial charge in [-0.05, 0) is 18.3 Å². The molecular formula is C4H10O8P4+4. The van der Waals surface area contributed by atoms with Crippen LogP contribution in [0.15, 0.2) is 0 Å². The minimum Gasteiger partial charge on any atom is -0.145 e. The molecule has 0 aromatic rings. The first-order chi connectivity index (χ1) is 7.79. The van der Waals surface area contributed by atoms with Gasteiger partial charge in [-0.25, -0.2) is 0 Å². The summed E-state index contributed by atoms with van der Waals surface area (Å²) >= 11 is 0. The maximum absolute atomic E-state index is 10.3. The third-order valence-electron chi connectivity index (χ3n) is 1.43. The highest BCUT2D eigenvalue weighted by molar-refractivity contribution is 7.18. The van der Waals surface area contributed by atoms with Crippen LogP contribution in [-0.2, 0) is 36.4 Å². The average molecular weight is 310 g/mol. The van der Waals surface area contributed by atoms with Crippen LogP contribution < -0.4 is 0 Å². The Labute approximate surface area is 97.1 Å². The molecule has 0 N–H and O–H groups in total. The first-order valence-corrected chi connectivity index (χ1v) is 7.10. The van der Waals surface area contributed by atoms with Crippen molar-refractivity contribution in [3.63, 3.8) is 0 Å². The van der Waals surface area contributed by atoms with Gasteiger partial charge in [0.1, 0.15) is 13.2 Å². The van der Waals surface area contributed by atoms with E-state index in [9.17, 15) is 18.3 Å². The summed E-state index contributed by atoms with van der Waals surface area (Å²) in [5.74, 6) is 0. The average Bonchev–Trinajstić information content (AvgIpc) is 2.30. The Kier molecular flexibility index (Phi) is 11.9. The molecule has 0 spiro atoms. The SMILES string of the molecule is O=[PH+]OCC(O[PH+]=O)C(CO[PH+]=O)O[PH+]=O. The van der Waals surface area contributed by atoms with Crippen LogP contribution in [0.5, 0.6) is 0 Å². The molecule has 6 unspecified atom stereocenters. The minimum absolute atomic E-state index is 0.169. The molecule has 0 aliphatic heterocycles. The Morgan fingerprint density at radius 1 is 0.688 bits per heavy atom. The standard InChI is InChI=1S/C4H10O8P4/c5-13-9-1-3(11-15-7)4(12-16-8)2-10-14-6/h3-4,13-16H,1-2H2/q+4. The van der Waals surface area contributed by atoms with Gasteiger partial charge in [0.15, 0.2) is 12.2 Å². The first-order valence-electron chi connectivity index (χ1n) is 3.83. The van der Waals surface area contributed by atoms with E-state index in [2.05, 4.69) is 9.05 Å². The van der Waals surface area contributed by atoms with Crippen molar-refractivity contribution in [2.75, 3.05) is 13.2 Å². The van der Waals surface area contributed by atoms with E-state index >= 15 is 0 Å². The van der Waals surface area contributed by atoms with E-state index in [-0.39, 0.29) is 13.2 Å². The Morgan fingerprint density at radius 2 is 1.06 bits per heavy atom. The van der Waals surface area contributed by atoms with Crippen molar-refractivity contribution in [1.29, 1.82) is 0 Å². The van der Waals surface area contributed by atoms with Gasteiger partial charge in [0.25, 0.3) is 0 Å². The summed E-state index contributed by atoms with van der Waals surface area (Å²) in [6.07, 6.45) is -1.73. The maximum Gasteiger partial charge on any atom is 0.494 e. The lowest BCUT2D eigenvalue weighted by atomic mass is 10.2. The fourth-order valence-electron chi connectivity index (χ4n) is 0.790. The Morgan fingerprint density at radius 3 is 1.31 bits per heavy atom. The number of hydrogen-bond acceptors (Lipinski definition) is 8. The molecule has 0 heterocycles. The van der Waals surface area contributed by atoms with E-state index in [0.717, 1.165) is 0 Å². The molecule has 0 radical (unpaired) electrons. The molecule has 0 aromatic carbocycles. The smallest absolute Gasteiger partial charge is 0.145 e. The second kappa shape index (κ2) is 11.7. The molecule has 16 heavy (non-hydrogen) atoms. The summed E-state index contributed by atoms with van der Waals surface area (Å²) in [6.45, 7) is -0.338. The summed E-state index contributed by atoms with van der Waals surface area (Å²) in [4.78, 5) is 0. The molecule has 0 saturated carbocycles. The lowest BCUT2D eigenvalue weighted by Gasteiger charge is -2.10. The van der Waals surface area contributed by atoms with Crippen LogP contribution >= 0.6 is 34.7 Å². The monoisotopic (exact) mass is 310 g/mol. The Balaban J connectivity index is 4.34. The summed E-state index contributed by atoms with van der Waals surface area (Å²) in [6, 6.07) is 0. The molecule has 0 rings (SSSR count). The van der Waals surface area contributed by atoms with Gasteiger partial charge in [-0.3, -0.25) is 0 Å². The molecule has 0 saturated heterocycles. The zero-order valence-electron chi connectivity index (χ0n) is 7.83. The Hall–Kier alpha value is 0.240. The third kappa shape index (κ3) is 7.50. The van der Waals surface area contributed by atoms with Crippen LogP contribution in [0.1, 0.15) is 0 Å². The molecule has 0 amide bonds. The second-order valence-electron chi connectivity index (χ2n) is 2.27. The van der Waals surface area contributed by atoms with Gasteiger partial charge in [0, 0.05) is 0 Å². The van der Waals surface area contributed by atoms with Gasteiger partial charge in [-0.2, -0.15) is 0 Å². The van der Waals surface area contributed by atoms with Crippen LogP contribution in [0.2, 0.25) is 0 Å². The van der Waals surface area contributed by atoms with Gasteiger partial charge >= 0.3 is 34.7 Å². The lowest BCUT2D eigenvalue weighted by molar-refractivity contribution is 0.0169. The Bertz CT molecular complexity index is 212.